The van der Waals surface area contributed by atoms with Gasteiger partial charge in [-0.05, 0) is 30.9 Å². The summed E-state index contributed by atoms with van der Waals surface area (Å²) in [6.45, 7) is 0.544. The molecule has 1 aliphatic rings. The maximum atomic E-state index is 11.4. The number of ether oxygens (including phenoxy) is 2. The van der Waals surface area contributed by atoms with E-state index >= 15 is 0 Å². The SMILES string of the molecule is COc1cc(C(=O)C(=O)O)cc(Cl)c1OCC1CC1. The van der Waals surface area contributed by atoms with Crippen LogP contribution in [0.2, 0.25) is 5.02 Å². The van der Waals surface area contributed by atoms with Gasteiger partial charge >= 0.3 is 5.97 Å². The fraction of sp³-hybridized carbons (Fsp3) is 0.385. The number of carbonyl (C=O) groups is 2. The number of halogens is 1. The van der Waals surface area contributed by atoms with Crippen LogP contribution in [0.25, 0.3) is 0 Å². The van der Waals surface area contributed by atoms with E-state index in [1.54, 1.807) is 0 Å². The molecule has 0 heterocycles. The highest BCUT2D eigenvalue weighted by atomic mass is 35.5. The minimum absolute atomic E-state index is 0.0341. The number of aliphatic carboxylic acids is 1. The third kappa shape index (κ3) is 3.17. The molecule has 0 spiro atoms. The number of Topliss-reactive ketones (excluding diaryl/α,β-unsaturated/α-hetero) is 1. The Kier molecular flexibility index (Phi) is 3.95. The molecule has 1 aliphatic carbocycles. The van der Waals surface area contributed by atoms with Crippen molar-refractivity contribution in [2.45, 2.75) is 12.8 Å². The lowest BCUT2D eigenvalue weighted by Gasteiger charge is -2.13. The molecule has 6 heteroatoms. The molecular weight excluding hydrogens is 272 g/mol. The zero-order valence-corrected chi connectivity index (χ0v) is 11.1. The average molecular weight is 285 g/mol. The molecule has 0 saturated heterocycles. The van der Waals surface area contributed by atoms with Gasteiger partial charge in [0.25, 0.3) is 5.78 Å². The second-order valence-electron chi connectivity index (χ2n) is 4.38. The van der Waals surface area contributed by atoms with Gasteiger partial charge in [-0.25, -0.2) is 4.79 Å². The topological polar surface area (TPSA) is 72.8 Å². The van der Waals surface area contributed by atoms with Gasteiger partial charge in [-0.1, -0.05) is 11.6 Å². The number of rotatable bonds is 6. The van der Waals surface area contributed by atoms with Crippen LogP contribution in [0.3, 0.4) is 0 Å². The van der Waals surface area contributed by atoms with Crippen LogP contribution >= 0.6 is 11.6 Å². The van der Waals surface area contributed by atoms with Crippen molar-refractivity contribution in [3.05, 3.63) is 22.7 Å². The highest BCUT2D eigenvalue weighted by molar-refractivity contribution is 6.41. The molecule has 102 valence electrons. The summed E-state index contributed by atoms with van der Waals surface area (Å²) in [5, 5.41) is 8.85. The molecule has 1 fully saturated rings. The van der Waals surface area contributed by atoms with Gasteiger partial charge in [-0.3, -0.25) is 4.79 Å². The number of carbonyl (C=O) groups excluding carboxylic acids is 1. The fourth-order valence-corrected chi connectivity index (χ4v) is 1.87. The predicted molar refractivity (Wildman–Crippen MR) is 68.2 cm³/mol. The minimum atomic E-state index is -1.54. The fourth-order valence-electron chi connectivity index (χ4n) is 1.60. The lowest BCUT2D eigenvalue weighted by Crippen LogP contribution is -2.13. The van der Waals surface area contributed by atoms with E-state index in [2.05, 4.69) is 0 Å². The lowest BCUT2D eigenvalue weighted by atomic mass is 10.1. The highest BCUT2D eigenvalue weighted by Gasteiger charge is 2.24. The maximum absolute atomic E-state index is 11.4. The van der Waals surface area contributed by atoms with Crippen LogP contribution in [0.5, 0.6) is 11.5 Å². The van der Waals surface area contributed by atoms with Crippen molar-refractivity contribution in [1.29, 1.82) is 0 Å². The Morgan fingerprint density at radius 1 is 1.42 bits per heavy atom. The largest absolute Gasteiger partial charge is 0.493 e. The van der Waals surface area contributed by atoms with Crippen LogP contribution in [0, 0.1) is 5.92 Å². The van der Waals surface area contributed by atoms with Crippen molar-refractivity contribution in [1.82, 2.24) is 0 Å². The minimum Gasteiger partial charge on any atom is -0.493 e. The summed E-state index contributed by atoms with van der Waals surface area (Å²) in [7, 11) is 1.41. The third-order valence-corrected chi connectivity index (χ3v) is 3.13. The van der Waals surface area contributed by atoms with Gasteiger partial charge in [-0.2, -0.15) is 0 Å². The summed E-state index contributed by atoms with van der Waals surface area (Å²) in [4.78, 5) is 22.1. The first-order valence-electron chi connectivity index (χ1n) is 5.81. The van der Waals surface area contributed by atoms with E-state index < -0.39 is 11.8 Å². The first-order chi connectivity index (χ1) is 9.02. The molecule has 0 unspecified atom stereocenters. The van der Waals surface area contributed by atoms with Gasteiger partial charge in [0.15, 0.2) is 11.5 Å². The number of carboxylic acids is 1. The van der Waals surface area contributed by atoms with Crippen LogP contribution in [-0.4, -0.2) is 30.6 Å². The average Bonchev–Trinajstić information content (AvgIpc) is 3.19. The Bertz CT molecular complexity index is 522. The van der Waals surface area contributed by atoms with E-state index in [1.807, 2.05) is 0 Å². The van der Waals surface area contributed by atoms with Crippen molar-refractivity contribution in [3.63, 3.8) is 0 Å². The van der Waals surface area contributed by atoms with E-state index in [0.717, 1.165) is 12.8 Å². The maximum Gasteiger partial charge on any atom is 0.377 e. The summed E-state index contributed by atoms with van der Waals surface area (Å²) < 4.78 is 10.7. The van der Waals surface area contributed by atoms with Crippen molar-refractivity contribution < 1.29 is 24.2 Å². The molecule has 19 heavy (non-hydrogen) atoms. The summed E-state index contributed by atoms with van der Waals surface area (Å²) in [6, 6.07) is 2.60. The molecule has 0 aromatic heterocycles. The summed E-state index contributed by atoms with van der Waals surface area (Å²) in [5.41, 5.74) is -0.0341. The Morgan fingerprint density at radius 3 is 2.63 bits per heavy atom. The number of benzene rings is 1. The molecule has 0 aliphatic heterocycles. The summed E-state index contributed by atoms with van der Waals surface area (Å²) in [6.07, 6.45) is 2.27. The van der Waals surface area contributed by atoms with E-state index in [4.69, 9.17) is 26.2 Å². The van der Waals surface area contributed by atoms with E-state index in [0.29, 0.717) is 18.3 Å². The monoisotopic (exact) mass is 284 g/mol. The Labute approximate surface area is 115 Å². The standard InChI is InChI=1S/C13H13ClO5/c1-18-10-5-8(11(15)13(16)17)4-9(14)12(10)19-6-7-2-3-7/h4-5,7H,2-3,6H2,1H3,(H,16,17). The van der Waals surface area contributed by atoms with E-state index in [-0.39, 0.29) is 16.3 Å². The quantitative estimate of drug-likeness (QED) is 0.641. The molecule has 2 rings (SSSR count). The lowest BCUT2D eigenvalue weighted by molar-refractivity contribution is -0.131. The molecule has 0 radical (unpaired) electrons. The molecule has 0 amide bonds. The highest BCUT2D eigenvalue weighted by Crippen LogP contribution is 2.38. The molecule has 1 N–H and O–H groups in total. The third-order valence-electron chi connectivity index (χ3n) is 2.85. The van der Waals surface area contributed by atoms with Gasteiger partial charge < -0.3 is 14.6 Å². The molecule has 1 aromatic rings. The Hall–Kier alpha value is -1.75. The Morgan fingerprint density at radius 2 is 2.11 bits per heavy atom. The zero-order chi connectivity index (χ0) is 14.0. The van der Waals surface area contributed by atoms with Gasteiger partial charge in [0.05, 0.1) is 18.7 Å². The van der Waals surface area contributed by atoms with Crippen LogP contribution in [0.1, 0.15) is 23.2 Å². The molecule has 0 atom stereocenters. The number of carboxylic acid groups (broad SMARTS) is 1. The summed E-state index contributed by atoms with van der Waals surface area (Å²) in [5.74, 6) is -1.42. The first-order valence-corrected chi connectivity index (χ1v) is 6.18. The van der Waals surface area contributed by atoms with Crippen LogP contribution < -0.4 is 9.47 Å². The number of ketones is 1. The Balaban J connectivity index is 2.28. The normalized spacial score (nSPS) is 14.0. The smallest absolute Gasteiger partial charge is 0.377 e. The van der Waals surface area contributed by atoms with Crippen LogP contribution in [0.4, 0.5) is 0 Å². The van der Waals surface area contributed by atoms with Gasteiger partial charge in [0, 0.05) is 5.56 Å². The van der Waals surface area contributed by atoms with Crippen molar-refractivity contribution in [3.8, 4) is 11.5 Å². The molecule has 1 saturated carbocycles. The summed E-state index contributed by atoms with van der Waals surface area (Å²) >= 11 is 6.02. The number of hydrogen-bond acceptors (Lipinski definition) is 4. The predicted octanol–water partition coefficient (Wildman–Crippen LogP) is 2.40. The molecule has 5 nitrogen and oxygen atoms in total. The molecule has 0 bridgehead atoms. The number of hydrogen-bond donors (Lipinski definition) is 1. The van der Waals surface area contributed by atoms with Crippen LogP contribution in [0.15, 0.2) is 12.1 Å². The van der Waals surface area contributed by atoms with Crippen molar-refractivity contribution >= 4 is 23.4 Å². The van der Waals surface area contributed by atoms with E-state index in [9.17, 15) is 9.59 Å². The molecule has 1 aromatic carbocycles. The second kappa shape index (κ2) is 5.48. The van der Waals surface area contributed by atoms with Crippen molar-refractivity contribution in [2.75, 3.05) is 13.7 Å². The van der Waals surface area contributed by atoms with E-state index in [1.165, 1.54) is 19.2 Å². The molecular formula is C13H13ClO5. The van der Waals surface area contributed by atoms with Gasteiger partial charge in [0.1, 0.15) is 0 Å². The second-order valence-corrected chi connectivity index (χ2v) is 4.79. The number of methoxy groups -OCH3 is 1. The van der Waals surface area contributed by atoms with Crippen molar-refractivity contribution in [2.24, 2.45) is 5.92 Å². The van der Waals surface area contributed by atoms with Gasteiger partial charge in [-0.15, -0.1) is 0 Å². The zero-order valence-electron chi connectivity index (χ0n) is 10.3. The van der Waals surface area contributed by atoms with Gasteiger partial charge in [0.2, 0.25) is 0 Å². The first kappa shape index (κ1) is 13.7. The van der Waals surface area contributed by atoms with Crippen LogP contribution in [-0.2, 0) is 4.79 Å².